The maximum absolute atomic E-state index is 10.3. The molecule has 0 saturated heterocycles. The number of unbranched alkanes of at least 4 members (excludes halogenated alkanes) is 19. The van der Waals surface area contributed by atoms with Crippen molar-refractivity contribution in [2.24, 2.45) is 0 Å². The van der Waals surface area contributed by atoms with Crippen LogP contribution in [0.2, 0.25) is 0 Å². The van der Waals surface area contributed by atoms with Crippen molar-refractivity contribution in [3.05, 3.63) is 12.2 Å². The Bertz CT molecular complexity index is 342. The van der Waals surface area contributed by atoms with E-state index in [1.165, 1.54) is 122 Å². The van der Waals surface area contributed by atoms with Crippen molar-refractivity contribution < 1.29 is 32.3 Å². The van der Waals surface area contributed by atoms with Crippen LogP contribution < -0.4 is 5.11 Å². The van der Waals surface area contributed by atoms with Crippen LogP contribution in [0.3, 0.4) is 0 Å². The van der Waals surface area contributed by atoms with Crippen molar-refractivity contribution in [3.63, 3.8) is 0 Å². The summed E-state index contributed by atoms with van der Waals surface area (Å²) in [4.78, 5) is 10.3. The van der Waals surface area contributed by atoms with E-state index in [0.717, 1.165) is 12.8 Å². The summed E-state index contributed by atoms with van der Waals surface area (Å²) in [5.74, 6) is -0.905. The van der Waals surface area contributed by atoms with E-state index in [-0.39, 0.29) is 28.8 Å². The molecule has 0 atom stereocenters. The van der Waals surface area contributed by atoms with Crippen LogP contribution in [0.5, 0.6) is 0 Å². The SMILES string of the molecule is CCCCCCCCCCCCC=CCCCCCCCCCCCC(=O)[O-].[Ag+]. The van der Waals surface area contributed by atoms with Crippen LogP contribution in [0, 0.1) is 0 Å². The average Bonchev–Trinajstić information content (AvgIpc) is 2.68. The van der Waals surface area contributed by atoms with Crippen LogP contribution in [-0.4, -0.2) is 5.97 Å². The molecule has 0 aliphatic rings. The molecule has 0 N–H and O–H groups in total. The van der Waals surface area contributed by atoms with Gasteiger partial charge in [-0.3, -0.25) is 0 Å². The van der Waals surface area contributed by atoms with Crippen LogP contribution in [0.15, 0.2) is 12.2 Å². The van der Waals surface area contributed by atoms with Crippen molar-refractivity contribution in [1.82, 2.24) is 0 Å². The summed E-state index contributed by atoms with van der Waals surface area (Å²) in [6, 6.07) is 0. The molecule has 0 amide bonds. The number of carboxylic acid groups (broad SMARTS) is 1. The van der Waals surface area contributed by atoms with E-state index < -0.39 is 5.97 Å². The van der Waals surface area contributed by atoms with Crippen LogP contribution in [0.1, 0.15) is 148 Å². The number of carbonyl (C=O) groups excluding carboxylic acids is 1. The maximum Gasteiger partial charge on any atom is 1.00 e. The average molecular weight is 502 g/mol. The van der Waals surface area contributed by atoms with E-state index >= 15 is 0 Å². The third kappa shape index (κ3) is 30.2. The summed E-state index contributed by atoms with van der Waals surface area (Å²) in [7, 11) is 0. The second-order valence-corrected chi connectivity index (χ2v) is 8.53. The van der Waals surface area contributed by atoms with Gasteiger partial charge in [-0.05, 0) is 38.5 Å². The Kier molecular flexibility index (Phi) is 30.0. The molecule has 0 rings (SSSR count). The molecule has 0 aromatic rings. The first-order chi connectivity index (χ1) is 13.8. The smallest absolute Gasteiger partial charge is 0.550 e. The van der Waals surface area contributed by atoms with Gasteiger partial charge in [0, 0.05) is 5.97 Å². The van der Waals surface area contributed by atoms with Crippen molar-refractivity contribution in [2.45, 2.75) is 148 Å². The fraction of sp³-hybridized carbons (Fsp3) is 0.885. The second kappa shape index (κ2) is 28.0. The van der Waals surface area contributed by atoms with E-state index in [0.29, 0.717) is 0 Å². The Morgan fingerprint density at radius 2 is 0.862 bits per heavy atom. The van der Waals surface area contributed by atoms with Gasteiger partial charge in [-0.25, -0.2) is 0 Å². The Morgan fingerprint density at radius 3 is 1.21 bits per heavy atom. The molecule has 0 aliphatic heterocycles. The maximum atomic E-state index is 10.3. The van der Waals surface area contributed by atoms with Crippen molar-refractivity contribution in [1.29, 1.82) is 0 Å². The molecule has 3 heteroatoms. The Hall–Kier alpha value is -0.0497. The van der Waals surface area contributed by atoms with Gasteiger partial charge in [0.2, 0.25) is 0 Å². The fourth-order valence-corrected chi connectivity index (χ4v) is 3.75. The predicted molar refractivity (Wildman–Crippen MR) is 121 cm³/mol. The van der Waals surface area contributed by atoms with E-state index in [2.05, 4.69) is 19.1 Å². The van der Waals surface area contributed by atoms with E-state index in [9.17, 15) is 9.90 Å². The monoisotopic (exact) mass is 500 g/mol. The first-order valence-corrected chi connectivity index (χ1v) is 12.6. The molecule has 0 spiro atoms. The van der Waals surface area contributed by atoms with E-state index in [1.54, 1.807) is 0 Å². The summed E-state index contributed by atoms with van der Waals surface area (Å²) >= 11 is 0. The number of carboxylic acids is 1. The van der Waals surface area contributed by atoms with Crippen LogP contribution in [0.25, 0.3) is 0 Å². The molecule has 0 aliphatic carbocycles. The number of rotatable bonds is 23. The zero-order valence-electron chi connectivity index (χ0n) is 19.3. The minimum absolute atomic E-state index is 0. The summed E-state index contributed by atoms with van der Waals surface area (Å²) in [6.45, 7) is 2.28. The Balaban J connectivity index is 0. The van der Waals surface area contributed by atoms with Gasteiger partial charge in [0.05, 0.1) is 0 Å². The van der Waals surface area contributed by atoms with Gasteiger partial charge in [-0.15, -0.1) is 0 Å². The number of aliphatic carboxylic acids is 1. The van der Waals surface area contributed by atoms with Gasteiger partial charge >= 0.3 is 22.4 Å². The molecule has 29 heavy (non-hydrogen) atoms. The first-order valence-electron chi connectivity index (χ1n) is 12.6. The minimum Gasteiger partial charge on any atom is -0.550 e. The summed E-state index contributed by atoms with van der Waals surface area (Å²) in [6.07, 6.45) is 32.7. The van der Waals surface area contributed by atoms with Gasteiger partial charge in [-0.1, -0.05) is 122 Å². The molecular formula is C26H49AgO2. The Labute approximate surface area is 198 Å². The fourth-order valence-electron chi connectivity index (χ4n) is 3.75. The standard InChI is InChI=1S/C26H50O2.Ag/c1-2-3-4-5-6-7-8-9-10-11-12-13-14-15-16-17-18-19-20-21-22-23-24-25-26(27)28;/h13-14H,2-12,15-25H2,1H3,(H,27,28);/q;+1/p-1. The third-order valence-electron chi connectivity index (χ3n) is 5.64. The molecular weight excluding hydrogens is 452 g/mol. The molecule has 0 bridgehead atoms. The normalized spacial score (nSPS) is 11.1. The number of hydrogen-bond acceptors (Lipinski definition) is 2. The zero-order chi connectivity index (χ0) is 20.5. The predicted octanol–water partition coefficient (Wildman–Crippen LogP) is 7.89. The number of hydrogen-bond donors (Lipinski definition) is 0. The molecule has 0 fully saturated rings. The minimum atomic E-state index is -0.905. The number of allylic oxidation sites excluding steroid dienone is 2. The summed E-state index contributed by atoms with van der Waals surface area (Å²) in [5.41, 5.74) is 0. The summed E-state index contributed by atoms with van der Waals surface area (Å²) < 4.78 is 0. The van der Waals surface area contributed by atoms with Gasteiger partial charge in [0.15, 0.2) is 0 Å². The van der Waals surface area contributed by atoms with E-state index in [1.807, 2.05) is 0 Å². The van der Waals surface area contributed by atoms with Crippen LogP contribution in [-0.2, 0) is 27.2 Å². The Morgan fingerprint density at radius 1 is 0.552 bits per heavy atom. The van der Waals surface area contributed by atoms with Gasteiger partial charge in [0.1, 0.15) is 0 Å². The van der Waals surface area contributed by atoms with Crippen molar-refractivity contribution >= 4 is 5.97 Å². The molecule has 0 aromatic heterocycles. The van der Waals surface area contributed by atoms with E-state index in [4.69, 9.17) is 0 Å². The topological polar surface area (TPSA) is 40.1 Å². The molecule has 176 valence electrons. The van der Waals surface area contributed by atoms with Crippen LogP contribution in [0.4, 0.5) is 0 Å². The molecule has 0 heterocycles. The molecule has 0 saturated carbocycles. The third-order valence-corrected chi connectivity index (χ3v) is 5.64. The summed E-state index contributed by atoms with van der Waals surface area (Å²) in [5, 5.41) is 10.3. The largest absolute Gasteiger partial charge is 1.00 e. The van der Waals surface area contributed by atoms with Crippen molar-refractivity contribution in [3.8, 4) is 0 Å². The van der Waals surface area contributed by atoms with Crippen LogP contribution >= 0.6 is 0 Å². The van der Waals surface area contributed by atoms with Gasteiger partial charge < -0.3 is 9.90 Å². The quantitative estimate of drug-likeness (QED) is 0.0811. The van der Waals surface area contributed by atoms with Gasteiger partial charge in [-0.2, -0.15) is 0 Å². The number of carbonyl (C=O) groups is 1. The molecule has 2 nitrogen and oxygen atoms in total. The van der Waals surface area contributed by atoms with Crippen molar-refractivity contribution in [2.75, 3.05) is 0 Å². The zero-order valence-corrected chi connectivity index (χ0v) is 20.8. The molecule has 0 unspecified atom stereocenters. The van der Waals surface area contributed by atoms with Gasteiger partial charge in [0.25, 0.3) is 0 Å². The first kappa shape index (κ1) is 31.1. The molecule has 0 aromatic carbocycles. The second-order valence-electron chi connectivity index (χ2n) is 8.53. The molecule has 0 radical (unpaired) electrons.